The molecule has 0 amide bonds. The molecule has 38 heavy (non-hydrogen) atoms. The normalized spacial score (nSPS) is 9.50. The van der Waals surface area contributed by atoms with Crippen molar-refractivity contribution in [3.63, 3.8) is 0 Å². The van der Waals surface area contributed by atoms with E-state index in [4.69, 9.17) is 30.0 Å². The quantitative estimate of drug-likeness (QED) is 0.148. The molecule has 5 rings (SSSR count). The van der Waals surface area contributed by atoms with Gasteiger partial charge in [-0.2, -0.15) is 0 Å². The van der Waals surface area contributed by atoms with Gasteiger partial charge in [0.2, 0.25) is 0 Å². The minimum absolute atomic E-state index is 0. The second kappa shape index (κ2) is 18.0. The van der Waals surface area contributed by atoms with Gasteiger partial charge in [0, 0.05) is 30.9 Å². The smallest absolute Gasteiger partial charge is 0.760 e. The first-order chi connectivity index (χ1) is 18.2. The topological polar surface area (TPSA) is 73.7 Å². The number of pyridine rings is 5. The summed E-state index contributed by atoms with van der Waals surface area (Å²) in [6.45, 7) is 2.87. The monoisotopic (exact) mass is 720 g/mol. The fraction of sp³-hybridized carbons (Fsp3) is 0.138. The summed E-state index contributed by atoms with van der Waals surface area (Å²) in [7, 11) is 0. The Morgan fingerprint density at radius 3 is 1.66 bits per heavy atom. The summed E-state index contributed by atoms with van der Waals surface area (Å²) in [5.41, 5.74) is 3.30. The minimum Gasteiger partial charge on any atom is -0.760 e. The van der Waals surface area contributed by atoms with Crippen molar-refractivity contribution >= 4 is 25.3 Å². The van der Waals surface area contributed by atoms with E-state index in [9.17, 15) is 0 Å². The van der Waals surface area contributed by atoms with E-state index in [1.807, 2.05) is 72.8 Å². The van der Waals surface area contributed by atoms with Crippen LogP contribution in [0.1, 0.15) is 19.8 Å². The van der Waals surface area contributed by atoms with Crippen LogP contribution < -0.4 is 4.74 Å². The van der Waals surface area contributed by atoms with E-state index in [0.29, 0.717) is 10.1 Å². The third-order valence-corrected chi connectivity index (χ3v) is 5.20. The predicted molar refractivity (Wildman–Crippen MR) is 151 cm³/mol. The molecule has 0 aliphatic carbocycles. The van der Waals surface area contributed by atoms with E-state index in [1.165, 1.54) is 0 Å². The molecular formula is C29H27N5OPtS2. The van der Waals surface area contributed by atoms with Crippen molar-refractivity contribution in [1.82, 2.24) is 24.9 Å². The van der Waals surface area contributed by atoms with E-state index in [-0.39, 0.29) is 21.1 Å². The van der Waals surface area contributed by atoms with Crippen LogP contribution in [0.3, 0.4) is 0 Å². The van der Waals surface area contributed by atoms with Crippen LogP contribution in [0.2, 0.25) is 0 Å². The Kier molecular flexibility index (Phi) is 14.7. The number of unbranched alkanes of at least 4 members (excludes halogenated alkanes) is 1. The van der Waals surface area contributed by atoms with Gasteiger partial charge < -0.3 is 30.0 Å². The fourth-order valence-corrected chi connectivity index (χ4v) is 3.18. The summed E-state index contributed by atoms with van der Waals surface area (Å²) in [4.78, 5) is 21.0. The maximum Gasteiger partial charge on any atom is 2.00 e. The molecule has 5 aromatic rings. The molecule has 0 fully saturated rings. The molecule has 0 N–H and O–H groups in total. The van der Waals surface area contributed by atoms with Crippen LogP contribution >= 0.6 is 0 Å². The molecule has 0 saturated carbocycles. The van der Waals surface area contributed by atoms with Crippen LogP contribution in [0.25, 0.3) is 22.8 Å². The number of rotatable bonds is 6. The van der Waals surface area contributed by atoms with Crippen molar-refractivity contribution in [3.8, 4) is 28.5 Å². The molecule has 0 unspecified atom stereocenters. The van der Waals surface area contributed by atoms with Crippen LogP contribution in [0.15, 0.2) is 120 Å². The van der Waals surface area contributed by atoms with Gasteiger partial charge in [-0.05, 0) is 48.9 Å². The van der Waals surface area contributed by atoms with Crippen LogP contribution in [0.4, 0.5) is 0 Å². The van der Waals surface area contributed by atoms with Gasteiger partial charge in [-0.15, -0.1) is 0 Å². The second-order valence-electron chi connectivity index (χ2n) is 7.54. The molecule has 0 aliphatic heterocycles. The molecule has 9 heteroatoms. The summed E-state index contributed by atoms with van der Waals surface area (Å²) in [5, 5.41) is 1.31. The van der Waals surface area contributed by atoms with E-state index >= 15 is 0 Å². The fourth-order valence-electron chi connectivity index (χ4n) is 2.90. The number of ether oxygens (including phenoxy) is 1. The van der Waals surface area contributed by atoms with Gasteiger partial charge in [0.05, 0.1) is 29.4 Å². The maximum atomic E-state index is 5.74. The Labute approximate surface area is 249 Å². The number of hydrogen-bond donors (Lipinski definition) is 0. The van der Waals surface area contributed by atoms with E-state index in [1.54, 1.807) is 36.9 Å². The molecule has 5 heterocycles. The zero-order valence-electron chi connectivity index (χ0n) is 20.8. The molecule has 0 radical (unpaired) electrons. The van der Waals surface area contributed by atoms with Crippen LogP contribution in [0, 0.1) is 0 Å². The molecule has 0 saturated heterocycles. The number of aromatic nitrogens is 5. The first-order valence-corrected chi connectivity index (χ1v) is 12.6. The average Bonchev–Trinajstić information content (AvgIpc) is 2.96. The van der Waals surface area contributed by atoms with Crippen molar-refractivity contribution in [2.45, 2.75) is 29.8 Å². The Morgan fingerprint density at radius 2 is 1.16 bits per heavy atom. The Hall–Kier alpha value is -3.32. The predicted octanol–water partition coefficient (Wildman–Crippen LogP) is 6.36. The zero-order valence-corrected chi connectivity index (χ0v) is 24.7. The summed E-state index contributed by atoms with van der Waals surface area (Å²) >= 11 is 9.40. The molecule has 6 nitrogen and oxygen atoms in total. The van der Waals surface area contributed by atoms with Gasteiger partial charge in [-0.3, -0.25) is 19.9 Å². The minimum atomic E-state index is 0. The van der Waals surface area contributed by atoms with Gasteiger partial charge in [0.1, 0.15) is 5.75 Å². The molecule has 0 aromatic carbocycles. The van der Waals surface area contributed by atoms with Crippen LogP contribution in [0.5, 0.6) is 5.75 Å². The summed E-state index contributed by atoms with van der Waals surface area (Å²) in [6, 6.07) is 26.5. The van der Waals surface area contributed by atoms with Gasteiger partial charge in [-0.25, -0.2) is 4.98 Å². The summed E-state index contributed by atoms with van der Waals surface area (Å²) in [5.74, 6) is 0.827. The Balaban J connectivity index is 0.000000275. The number of hydrogen-bond acceptors (Lipinski definition) is 8. The van der Waals surface area contributed by atoms with Gasteiger partial charge in [-0.1, -0.05) is 59.8 Å². The molecule has 0 atom stereocenters. The third kappa shape index (κ3) is 11.4. The molecule has 0 bridgehead atoms. The summed E-state index contributed by atoms with van der Waals surface area (Å²) in [6.07, 6.45) is 9.05. The number of nitrogens with zero attached hydrogens (tertiary/aromatic N) is 5. The van der Waals surface area contributed by atoms with Crippen molar-refractivity contribution in [2.75, 3.05) is 6.61 Å². The zero-order chi connectivity index (χ0) is 26.1. The van der Waals surface area contributed by atoms with Crippen LogP contribution in [-0.2, 0) is 46.3 Å². The van der Waals surface area contributed by atoms with Gasteiger partial charge >= 0.3 is 21.1 Å². The largest absolute Gasteiger partial charge is 2.00 e. The van der Waals surface area contributed by atoms with Crippen molar-refractivity contribution in [3.05, 3.63) is 110 Å². The van der Waals surface area contributed by atoms with Crippen LogP contribution in [-0.4, -0.2) is 31.5 Å². The van der Waals surface area contributed by atoms with E-state index in [2.05, 4.69) is 31.8 Å². The maximum absolute atomic E-state index is 5.74. The van der Waals surface area contributed by atoms with E-state index in [0.717, 1.165) is 48.0 Å². The third-order valence-electron chi connectivity index (χ3n) is 4.71. The van der Waals surface area contributed by atoms with E-state index < -0.39 is 0 Å². The molecular weight excluding hydrogens is 694 g/mol. The van der Waals surface area contributed by atoms with Gasteiger partial charge in [0.15, 0.2) is 0 Å². The van der Waals surface area contributed by atoms with Crippen molar-refractivity contribution in [1.29, 1.82) is 0 Å². The molecule has 0 aliphatic rings. The van der Waals surface area contributed by atoms with Crippen molar-refractivity contribution < 1.29 is 25.8 Å². The Bertz CT molecular complexity index is 1280. The van der Waals surface area contributed by atoms with Gasteiger partial charge in [0.25, 0.3) is 0 Å². The Morgan fingerprint density at radius 1 is 0.605 bits per heavy atom. The molecule has 196 valence electrons. The molecule has 5 aromatic heterocycles. The first-order valence-electron chi connectivity index (χ1n) is 11.8. The average molecular weight is 721 g/mol. The first kappa shape index (κ1) is 30.9. The second-order valence-corrected chi connectivity index (χ2v) is 8.37. The molecule has 0 spiro atoms. The standard InChI is InChI=1S/C19H19N3O.2C5H5NS.Pt/c1-2-3-13-23-15-10-12-21-19(14-15)18-9-6-8-17(22-18)16-7-4-5-11-20-16;2*7-5-3-1-2-4-6-5;/h4-12,14H,2-3,13H2,1H3;2*1-4H,(H,6,7);/q;;;+2/p-2. The SMILES string of the molecule is CCCCOc1ccnc(-c2cccc(-c3ccccn3)n2)c1.[Pt+2].[S-]c1ccccn1.[S-]c1ccccn1. The summed E-state index contributed by atoms with van der Waals surface area (Å²) < 4.78 is 5.74. The van der Waals surface area contributed by atoms with Crippen molar-refractivity contribution in [2.24, 2.45) is 0 Å².